The van der Waals surface area contributed by atoms with Gasteiger partial charge in [-0.15, -0.1) is 0 Å². The molecule has 0 aromatic heterocycles. The molecule has 6 atom stereocenters. The third kappa shape index (κ3) is 2.70. The van der Waals surface area contributed by atoms with Gasteiger partial charge in [-0.2, -0.15) is 0 Å². The molecule has 3 fully saturated rings. The molecule has 1 saturated heterocycles. The number of hydrogen-bond donors (Lipinski definition) is 0. The van der Waals surface area contributed by atoms with Crippen LogP contribution in [-0.4, -0.2) is 37.8 Å². The van der Waals surface area contributed by atoms with Crippen molar-refractivity contribution in [3.63, 3.8) is 0 Å². The van der Waals surface area contributed by atoms with Crippen molar-refractivity contribution < 1.29 is 28.3 Å². The van der Waals surface area contributed by atoms with Crippen LogP contribution in [0.5, 0.6) is 11.5 Å². The molecule has 2 amide bonds. The molecule has 2 aliphatic carbocycles. The van der Waals surface area contributed by atoms with E-state index in [2.05, 4.69) is 5.16 Å². The summed E-state index contributed by atoms with van der Waals surface area (Å²) in [6, 6.07) is 9.45. The number of ether oxygens (including phenoxy) is 2. The lowest BCUT2D eigenvalue weighted by atomic mass is 9.71. The van der Waals surface area contributed by atoms with Crippen molar-refractivity contribution in [2.45, 2.75) is 12.5 Å². The van der Waals surface area contributed by atoms with Gasteiger partial charge in [0.2, 0.25) is 11.8 Å². The number of carbonyl (C=O) groups is 2. The fourth-order valence-corrected chi connectivity index (χ4v) is 6.41. The summed E-state index contributed by atoms with van der Waals surface area (Å²) in [5.41, 5.74) is 1.89. The van der Waals surface area contributed by atoms with Crippen molar-refractivity contribution in [2.75, 3.05) is 19.1 Å². The van der Waals surface area contributed by atoms with Crippen LogP contribution in [0.15, 0.2) is 41.6 Å². The number of nitrogens with zero attached hydrogens (tertiary/aromatic N) is 2. The Morgan fingerprint density at radius 1 is 1.00 bits per heavy atom. The Balaban J connectivity index is 1.33. The predicted octanol–water partition coefficient (Wildman–Crippen LogP) is 3.67. The molecule has 0 unspecified atom stereocenters. The molecular weight excluding hydrogens is 451 g/mol. The van der Waals surface area contributed by atoms with E-state index in [9.17, 15) is 14.0 Å². The van der Waals surface area contributed by atoms with Crippen molar-refractivity contribution >= 4 is 34.8 Å². The summed E-state index contributed by atoms with van der Waals surface area (Å²) < 4.78 is 24.4. The van der Waals surface area contributed by atoms with Crippen LogP contribution in [0, 0.1) is 35.4 Å². The van der Waals surface area contributed by atoms with E-state index in [1.807, 2.05) is 18.2 Å². The maximum absolute atomic E-state index is 13.6. The predicted molar refractivity (Wildman–Crippen MR) is 117 cm³/mol. The number of anilines is 1. The summed E-state index contributed by atoms with van der Waals surface area (Å²) in [5.74, 6) is -1.16. The molecule has 7 nitrogen and oxygen atoms in total. The highest BCUT2D eigenvalue weighted by molar-refractivity contribution is 6.31. The first-order valence-corrected chi connectivity index (χ1v) is 11.1. The Labute approximate surface area is 194 Å². The van der Waals surface area contributed by atoms with Crippen LogP contribution in [0.4, 0.5) is 10.1 Å². The van der Waals surface area contributed by atoms with Crippen LogP contribution >= 0.6 is 11.6 Å². The molecule has 2 aromatic carbocycles. The number of halogens is 2. The van der Waals surface area contributed by atoms with Gasteiger partial charge >= 0.3 is 0 Å². The number of rotatable bonds is 4. The summed E-state index contributed by atoms with van der Waals surface area (Å²) in [6.45, 7) is 0. The van der Waals surface area contributed by atoms with Crippen LogP contribution in [-0.2, 0) is 14.4 Å². The quantitative estimate of drug-likeness (QED) is 0.637. The van der Waals surface area contributed by atoms with Gasteiger partial charge < -0.3 is 14.3 Å². The molecule has 170 valence electrons. The fourth-order valence-electron chi connectivity index (χ4n) is 6.24. The normalized spacial score (nSPS) is 31.4. The van der Waals surface area contributed by atoms with E-state index in [4.69, 9.17) is 25.9 Å². The van der Waals surface area contributed by atoms with E-state index in [1.54, 1.807) is 14.2 Å². The SMILES string of the molecule is COc1ccc(C2=NO[C@@H]3[C@H]4C[C@H]([C@H]5C(=O)N(c6ccc(F)c(Cl)c6)C(=O)[C@@H]45)[C@H]23)cc1OC. The van der Waals surface area contributed by atoms with E-state index in [0.717, 1.165) is 22.6 Å². The molecular formula is C24H20ClFN2O5. The third-order valence-corrected chi connectivity index (χ3v) is 7.82. The second-order valence-electron chi connectivity index (χ2n) is 8.87. The lowest BCUT2D eigenvalue weighted by Crippen LogP contribution is -2.41. The minimum atomic E-state index is -0.599. The summed E-state index contributed by atoms with van der Waals surface area (Å²) in [4.78, 5) is 33.8. The molecule has 2 saturated carbocycles. The van der Waals surface area contributed by atoms with Crippen molar-refractivity contribution in [2.24, 2.45) is 34.7 Å². The van der Waals surface area contributed by atoms with E-state index >= 15 is 0 Å². The molecule has 4 aliphatic rings. The van der Waals surface area contributed by atoms with Gasteiger partial charge in [0.05, 0.1) is 42.5 Å². The molecule has 2 bridgehead atoms. The number of carbonyl (C=O) groups excluding carboxylic acids is 2. The minimum absolute atomic E-state index is 0.0725. The second kappa shape index (κ2) is 7.18. The van der Waals surface area contributed by atoms with Gasteiger partial charge in [-0.05, 0) is 48.7 Å². The average molecular weight is 471 g/mol. The Kier molecular flexibility index (Phi) is 4.46. The summed E-state index contributed by atoms with van der Waals surface area (Å²) in [6.07, 6.45) is 0.472. The van der Waals surface area contributed by atoms with Gasteiger partial charge in [-0.3, -0.25) is 9.59 Å². The van der Waals surface area contributed by atoms with Crippen LogP contribution in [0.25, 0.3) is 0 Å². The summed E-state index contributed by atoms with van der Waals surface area (Å²) in [7, 11) is 3.14. The minimum Gasteiger partial charge on any atom is -0.493 e. The third-order valence-electron chi connectivity index (χ3n) is 7.53. The first kappa shape index (κ1) is 20.5. The Morgan fingerprint density at radius 3 is 2.42 bits per heavy atom. The van der Waals surface area contributed by atoms with Crippen molar-refractivity contribution in [3.8, 4) is 11.5 Å². The van der Waals surface area contributed by atoms with Gasteiger partial charge in [0, 0.05) is 17.4 Å². The highest BCUT2D eigenvalue weighted by Gasteiger charge is 2.70. The number of amides is 2. The van der Waals surface area contributed by atoms with Gasteiger partial charge in [0.15, 0.2) is 11.5 Å². The topological polar surface area (TPSA) is 77.4 Å². The second-order valence-corrected chi connectivity index (χ2v) is 9.27. The molecule has 33 heavy (non-hydrogen) atoms. The highest BCUT2D eigenvalue weighted by Crippen LogP contribution is 2.62. The Morgan fingerprint density at radius 2 is 1.73 bits per heavy atom. The molecule has 2 aromatic rings. The maximum Gasteiger partial charge on any atom is 0.238 e. The number of imide groups is 1. The molecule has 2 heterocycles. The average Bonchev–Trinajstić information content (AvgIpc) is 3.55. The van der Waals surface area contributed by atoms with Crippen LogP contribution < -0.4 is 14.4 Å². The van der Waals surface area contributed by atoms with Crippen molar-refractivity contribution in [3.05, 3.63) is 52.8 Å². The van der Waals surface area contributed by atoms with E-state index in [-0.39, 0.29) is 40.7 Å². The first-order chi connectivity index (χ1) is 15.9. The number of fused-ring (bicyclic) bond motifs is 8. The standard InChI is InChI=1S/C24H20ClFN2O5/c1-31-16-6-3-10(7-17(16)32-2)21-20-12-9-13(22(20)33-27-21)19-18(12)23(29)28(24(19)30)11-4-5-15(26)14(25)8-11/h3-8,12-13,18-20,22H,9H2,1-2H3/t12-,13+,18-,19+,20-,22-/m1/s1. The van der Waals surface area contributed by atoms with Crippen molar-refractivity contribution in [1.29, 1.82) is 0 Å². The molecule has 6 rings (SSSR count). The molecule has 0 radical (unpaired) electrons. The van der Waals surface area contributed by atoms with Gasteiger partial charge in [0.25, 0.3) is 0 Å². The number of methoxy groups -OCH3 is 2. The van der Waals surface area contributed by atoms with Gasteiger partial charge in [-0.25, -0.2) is 9.29 Å². The summed E-state index contributed by atoms with van der Waals surface area (Å²) >= 11 is 5.91. The molecule has 0 spiro atoms. The number of benzene rings is 2. The lowest BCUT2D eigenvalue weighted by molar-refractivity contribution is -0.125. The zero-order valence-electron chi connectivity index (χ0n) is 17.8. The van der Waals surface area contributed by atoms with Gasteiger partial charge in [0.1, 0.15) is 11.9 Å². The maximum atomic E-state index is 13.6. The van der Waals surface area contributed by atoms with Crippen LogP contribution in [0.3, 0.4) is 0 Å². The highest BCUT2D eigenvalue weighted by atomic mass is 35.5. The Bertz CT molecular complexity index is 1230. The molecule has 2 aliphatic heterocycles. The van der Waals surface area contributed by atoms with Gasteiger partial charge in [-0.1, -0.05) is 16.8 Å². The number of oxime groups is 1. The smallest absolute Gasteiger partial charge is 0.238 e. The zero-order valence-corrected chi connectivity index (χ0v) is 18.6. The fraction of sp³-hybridized carbons (Fsp3) is 0.375. The summed E-state index contributed by atoms with van der Waals surface area (Å²) in [5, 5.41) is 4.23. The first-order valence-electron chi connectivity index (χ1n) is 10.7. The number of hydrogen-bond acceptors (Lipinski definition) is 6. The van der Waals surface area contributed by atoms with Crippen LogP contribution in [0.1, 0.15) is 12.0 Å². The monoisotopic (exact) mass is 470 g/mol. The zero-order chi connectivity index (χ0) is 23.0. The van der Waals surface area contributed by atoms with E-state index in [1.165, 1.54) is 18.2 Å². The molecule has 9 heteroatoms. The van der Waals surface area contributed by atoms with E-state index in [0.29, 0.717) is 17.2 Å². The lowest BCUT2D eigenvalue weighted by Gasteiger charge is -2.29. The van der Waals surface area contributed by atoms with Crippen molar-refractivity contribution in [1.82, 2.24) is 0 Å². The largest absolute Gasteiger partial charge is 0.493 e. The van der Waals surface area contributed by atoms with Crippen LogP contribution in [0.2, 0.25) is 5.02 Å². The van der Waals surface area contributed by atoms with E-state index < -0.39 is 17.7 Å². The molecule has 0 N–H and O–H groups in total. The Hall–Kier alpha value is -3.13.